The molecule has 0 aromatic carbocycles. The van der Waals surface area contributed by atoms with Gasteiger partial charge in [-0.1, -0.05) is 23.8 Å². The number of amides is 1. The summed E-state index contributed by atoms with van der Waals surface area (Å²) in [5.74, 6) is -1.95. The molecule has 1 rings (SSSR count). The Kier molecular flexibility index (Phi) is 8.79. The van der Waals surface area contributed by atoms with E-state index >= 15 is 0 Å². The maximum Gasteiger partial charge on any atom is 0.471 e. The summed E-state index contributed by atoms with van der Waals surface area (Å²) in [6, 6.07) is 0. The summed E-state index contributed by atoms with van der Waals surface area (Å²) in [5, 5.41) is 4.95. The van der Waals surface area contributed by atoms with E-state index in [1.54, 1.807) is 5.32 Å². The third kappa shape index (κ3) is 8.81. The van der Waals surface area contributed by atoms with Gasteiger partial charge < -0.3 is 20.1 Å². The van der Waals surface area contributed by atoms with E-state index in [4.69, 9.17) is 9.47 Å². The molecule has 2 N–H and O–H groups in total. The van der Waals surface area contributed by atoms with E-state index in [0.717, 1.165) is 19.5 Å². The van der Waals surface area contributed by atoms with Gasteiger partial charge in [0.25, 0.3) is 0 Å². The molecule has 0 fully saturated rings. The van der Waals surface area contributed by atoms with Gasteiger partial charge in [0.05, 0.1) is 26.4 Å². The molecular weight excluding hydrogens is 301 g/mol. The first-order chi connectivity index (χ1) is 10.5. The second-order valence-corrected chi connectivity index (χ2v) is 4.61. The van der Waals surface area contributed by atoms with Crippen molar-refractivity contribution in [3.63, 3.8) is 0 Å². The second-order valence-electron chi connectivity index (χ2n) is 4.61. The smallest absolute Gasteiger partial charge is 0.378 e. The molecule has 22 heavy (non-hydrogen) atoms. The molecule has 0 heterocycles. The Morgan fingerprint density at radius 3 is 2.41 bits per heavy atom. The highest BCUT2D eigenvalue weighted by atomic mass is 19.4. The fraction of sp³-hybridized carbons (Fsp3) is 0.643. The van der Waals surface area contributed by atoms with Crippen LogP contribution in [0.25, 0.3) is 0 Å². The van der Waals surface area contributed by atoms with Crippen LogP contribution in [0.1, 0.15) is 6.42 Å². The molecule has 8 heteroatoms. The number of ether oxygens (including phenoxy) is 2. The lowest BCUT2D eigenvalue weighted by Gasteiger charge is -2.09. The van der Waals surface area contributed by atoms with Gasteiger partial charge in [-0.2, -0.15) is 13.2 Å². The lowest BCUT2D eigenvalue weighted by Crippen LogP contribution is -2.38. The summed E-state index contributed by atoms with van der Waals surface area (Å²) in [7, 11) is 0. The number of halogens is 3. The van der Waals surface area contributed by atoms with Gasteiger partial charge in [0, 0.05) is 19.6 Å². The molecule has 0 aromatic rings. The van der Waals surface area contributed by atoms with E-state index in [1.807, 2.05) is 6.08 Å². The Morgan fingerprint density at radius 2 is 1.82 bits per heavy atom. The molecule has 5 nitrogen and oxygen atoms in total. The summed E-state index contributed by atoms with van der Waals surface area (Å²) >= 11 is 0. The first-order valence-corrected chi connectivity index (χ1v) is 7.06. The van der Waals surface area contributed by atoms with Gasteiger partial charge >= 0.3 is 12.1 Å². The highest BCUT2D eigenvalue weighted by molar-refractivity contribution is 5.81. The third-order valence-corrected chi connectivity index (χ3v) is 2.78. The zero-order chi connectivity index (χ0) is 16.3. The molecule has 1 aliphatic rings. The molecule has 0 saturated carbocycles. The molecule has 1 amide bonds. The fourth-order valence-electron chi connectivity index (χ4n) is 1.67. The van der Waals surface area contributed by atoms with Gasteiger partial charge in [-0.05, 0) is 6.42 Å². The van der Waals surface area contributed by atoms with Crippen molar-refractivity contribution in [1.29, 1.82) is 0 Å². The summed E-state index contributed by atoms with van der Waals surface area (Å²) in [5.41, 5.74) is 1.34. The minimum absolute atomic E-state index is 0.0184. The number of carbonyl (C=O) groups excluding carboxylic acids is 1. The molecule has 0 saturated heterocycles. The minimum Gasteiger partial charge on any atom is -0.378 e. The molecule has 0 radical (unpaired) electrons. The van der Waals surface area contributed by atoms with Gasteiger partial charge in [0.2, 0.25) is 0 Å². The van der Waals surface area contributed by atoms with Crippen LogP contribution in [-0.2, 0) is 14.3 Å². The van der Waals surface area contributed by atoms with E-state index in [1.165, 1.54) is 5.57 Å². The maximum absolute atomic E-state index is 11.8. The molecule has 0 spiro atoms. The van der Waals surface area contributed by atoms with E-state index in [0.29, 0.717) is 13.2 Å². The molecular formula is C14H21F3N2O3. The normalized spacial score (nSPS) is 14.2. The number of hydrogen-bond donors (Lipinski definition) is 2. The number of carbonyl (C=O) groups is 1. The number of allylic oxidation sites excluding steroid dienone is 3. The van der Waals surface area contributed by atoms with Crippen LogP contribution in [0.2, 0.25) is 0 Å². The van der Waals surface area contributed by atoms with Crippen LogP contribution in [0.15, 0.2) is 23.8 Å². The summed E-state index contributed by atoms with van der Waals surface area (Å²) in [6.07, 6.45) is 2.36. The number of nitrogens with one attached hydrogen (secondary N) is 2. The highest BCUT2D eigenvalue weighted by Gasteiger charge is 2.38. The zero-order valence-corrected chi connectivity index (χ0v) is 12.2. The van der Waals surface area contributed by atoms with Gasteiger partial charge in [0.1, 0.15) is 0 Å². The number of alkyl halides is 3. The van der Waals surface area contributed by atoms with Crippen LogP contribution in [0.5, 0.6) is 0 Å². The van der Waals surface area contributed by atoms with Crippen molar-refractivity contribution in [2.75, 3.05) is 46.1 Å². The largest absolute Gasteiger partial charge is 0.471 e. The van der Waals surface area contributed by atoms with Crippen LogP contribution in [-0.4, -0.2) is 58.1 Å². The maximum atomic E-state index is 11.8. The molecule has 0 bridgehead atoms. The third-order valence-electron chi connectivity index (χ3n) is 2.78. The summed E-state index contributed by atoms with van der Waals surface area (Å²) in [6.45, 7) is 2.57. The van der Waals surface area contributed by atoms with Crippen LogP contribution < -0.4 is 10.6 Å². The van der Waals surface area contributed by atoms with E-state index in [-0.39, 0.29) is 19.8 Å². The van der Waals surface area contributed by atoms with Crippen LogP contribution >= 0.6 is 0 Å². The topological polar surface area (TPSA) is 59.6 Å². The fourth-order valence-corrected chi connectivity index (χ4v) is 1.67. The van der Waals surface area contributed by atoms with E-state index in [9.17, 15) is 18.0 Å². The minimum atomic E-state index is -4.85. The Bertz CT molecular complexity index is 395. The lowest BCUT2D eigenvalue weighted by molar-refractivity contribution is -0.173. The van der Waals surface area contributed by atoms with Gasteiger partial charge in [0.15, 0.2) is 0 Å². The van der Waals surface area contributed by atoms with Crippen LogP contribution in [0.3, 0.4) is 0 Å². The predicted molar refractivity (Wildman–Crippen MR) is 75.4 cm³/mol. The predicted octanol–water partition coefficient (Wildman–Crippen LogP) is 1.17. The van der Waals surface area contributed by atoms with Crippen molar-refractivity contribution in [1.82, 2.24) is 10.6 Å². The Hall–Kier alpha value is -1.38. The zero-order valence-electron chi connectivity index (χ0n) is 12.2. The molecule has 0 aliphatic heterocycles. The van der Waals surface area contributed by atoms with E-state index in [2.05, 4.69) is 17.5 Å². The first kappa shape index (κ1) is 18.7. The van der Waals surface area contributed by atoms with Gasteiger partial charge in [-0.15, -0.1) is 0 Å². The monoisotopic (exact) mass is 322 g/mol. The SMILES string of the molecule is O=C(NCCOCCOCCNCC1=CC=CC1)C(F)(F)F. The standard InChI is InChI=1S/C14H21F3N2O3/c15-14(16,17)13(20)19-6-8-22-10-9-21-7-5-18-11-12-3-1-2-4-12/h1-3,18H,4-11H2,(H,19,20). The number of rotatable bonds is 11. The van der Waals surface area contributed by atoms with Gasteiger partial charge in [-0.25, -0.2) is 0 Å². The van der Waals surface area contributed by atoms with Crippen LogP contribution in [0.4, 0.5) is 13.2 Å². The Morgan fingerprint density at radius 1 is 1.14 bits per heavy atom. The quantitative estimate of drug-likeness (QED) is 0.561. The van der Waals surface area contributed by atoms with Crippen molar-refractivity contribution in [2.24, 2.45) is 0 Å². The summed E-state index contributed by atoms with van der Waals surface area (Å²) in [4.78, 5) is 10.5. The van der Waals surface area contributed by atoms with E-state index < -0.39 is 12.1 Å². The van der Waals surface area contributed by atoms with Crippen molar-refractivity contribution in [2.45, 2.75) is 12.6 Å². The average Bonchev–Trinajstić information content (AvgIpc) is 2.96. The Labute approximate surface area is 127 Å². The second kappa shape index (κ2) is 10.4. The molecule has 126 valence electrons. The first-order valence-electron chi connectivity index (χ1n) is 7.06. The number of hydrogen-bond acceptors (Lipinski definition) is 4. The summed E-state index contributed by atoms with van der Waals surface area (Å²) < 4.78 is 45.8. The van der Waals surface area contributed by atoms with Crippen molar-refractivity contribution in [3.8, 4) is 0 Å². The van der Waals surface area contributed by atoms with Crippen molar-refractivity contribution in [3.05, 3.63) is 23.8 Å². The molecule has 0 unspecified atom stereocenters. The highest BCUT2D eigenvalue weighted by Crippen LogP contribution is 2.13. The average molecular weight is 322 g/mol. The van der Waals surface area contributed by atoms with Crippen LogP contribution in [0, 0.1) is 0 Å². The van der Waals surface area contributed by atoms with Crippen molar-refractivity contribution >= 4 is 5.91 Å². The molecule has 0 aromatic heterocycles. The molecule has 1 aliphatic carbocycles. The van der Waals surface area contributed by atoms with Gasteiger partial charge in [-0.3, -0.25) is 4.79 Å². The molecule has 0 atom stereocenters. The van der Waals surface area contributed by atoms with Crippen molar-refractivity contribution < 1.29 is 27.4 Å². The lowest BCUT2D eigenvalue weighted by atomic mass is 10.2. The Balaban J connectivity index is 1.79.